The lowest BCUT2D eigenvalue weighted by Crippen LogP contribution is -2.33. The Hall–Kier alpha value is -2.28. The van der Waals surface area contributed by atoms with E-state index in [1.807, 2.05) is 23.6 Å². The van der Waals surface area contributed by atoms with Crippen molar-refractivity contribution in [3.8, 4) is 0 Å². The summed E-state index contributed by atoms with van der Waals surface area (Å²) in [4.78, 5) is 14.4. The van der Waals surface area contributed by atoms with E-state index in [2.05, 4.69) is 20.4 Å². The molecule has 3 heterocycles. The molecule has 2 aliphatic rings. The number of halogens is 1. The summed E-state index contributed by atoms with van der Waals surface area (Å²) in [6, 6.07) is 6.96. The van der Waals surface area contributed by atoms with E-state index in [1.165, 1.54) is 6.07 Å². The van der Waals surface area contributed by atoms with Crippen molar-refractivity contribution in [3.63, 3.8) is 0 Å². The van der Waals surface area contributed by atoms with Crippen LogP contribution in [0.2, 0.25) is 0 Å². The van der Waals surface area contributed by atoms with Gasteiger partial charge in [-0.15, -0.1) is 10.2 Å². The average molecular weight is 343 g/mol. The molecule has 0 saturated carbocycles. The van der Waals surface area contributed by atoms with E-state index >= 15 is 0 Å². The van der Waals surface area contributed by atoms with Gasteiger partial charge in [0, 0.05) is 44.7 Å². The second-order valence-corrected chi connectivity index (χ2v) is 6.92. The van der Waals surface area contributed by atoms with Crippen LogP contribution in [0.1, 0.15) is 28.9 Å². The van der Waals surface area contributed by atoms with Crippen LogP contribution in [-0.4, -0.2) is 45.2 Å². The number of carbonyl (C=O) groups is 1. The van der Waals surface area contributed by atoms with Gasteiger partial charge in [0.15, 0.2) is 0 Å². The molecule has 1 fully saturated rings. The summed E-state index contributed by atoms with van der Waals surface area (Å²) in [7, 11) is 0. The summed E-state index contributed by atoms with van der Waals surface area (Å²) in [6.07, 6.45) is 0.824. The first-order chi connectivity index (χ1) is 12.2. The maximum absolute atomic E-state index is 13.9. The minimum atomic E-state index is -0.166. The number of benzene rings is 1. The molecule has 6 nitrogen and oxygen atoms in total. The van der Waals surface area contributed by atoms with Gasteiger partial charge in [-0.3, -0.25) is 9.69 Å². The molecule has 7 heteroatoms. The summed E-state index contributed by atoms with van der Waals surface area (Å²) in [5, 5.41) is 11.1. The lowest BCUT2D eigenvalue weighted by Gasteiger charge is -2.25. The van der Waals surface area contributed by atoms with Crippen LogP contribution in [0.15, 0.2) is 24.3 Å². The highest BCUT2D eigenvalue weighted by atomic mass is 19.1. The van der Waals surface area contributed by atoms with Crippen LogP contribution in [0.4, 0.5) is 4.39 Å². The molecule has 0 unspecified atom stereocenters. The van der Waals surface area contributed by atoms with Crippen LogP contribution >= 0.6 is 0 Å². The normalized spacial score (nSPS) is 22.5. The molecule has 2 atom stereocenters. The fraction of sp³-hybridized carbons (Fsp3) is 0.500. The van der Waals surface area contributed by atoms with Crippen molar-refractivity contribution in [1.29, 1.82) is 0 Å². The predicted molar refractivity (Wildman–Crippen MR) is 90.4 cm³/mol. The second-order valence-electron chi connectivity index (χ2n) is 6.92. The van der Waals surface area contributed by atoms with Gasteiger partial charge in [0.25, 0.3) is 5.91 Å². The Labute approximate surface area is 146 Å². The number of carbonyl (C=O) groups excluding carboxylic acids is 1. The van der Waals surface area contributed by atoms with E-state index in [0.29, 0.717) is 30.7 Å². The molecule has 0 spiro atoms. The highest BCUT2D eigenvalue weighted by Crippen LogP contribution is 2.33. The summed E-state index contributed by atoms with van der Waals surface area (Å²) < 4.78 is 15.9. The number of hydrogen-bond donors (Lipinski definition) is 1. The molecule has 0 aliphatic carbocycles. The number of aromatic nitrogens is 3. The molecule has 1 amide bonds. The number of nitrogens with one attached hydrogen (secondary N) is 1. The van der Waals surface area contributed by atoms with Crippen LogP contribution in [0, 0.1) is 17.7 Å². The van der Waals surface area contributed by atoms with Crippen molar-refractivity contribution < 1.29 is 9.18 Å². The molecule has 1 aromatic carbocycles. The molecule has 1 aromatic heterocycles. The SMILES string of the molecule is CCNC(=O)c1nnc2n1C[C@H]1CN(Cc3ccccc3F)C[C@H]1C2. The molecule has 4 rings (SSSR count). The van der Waals surface area contributed by atoms with Crippen LogP contribution in [0.25, 0.3) is 0 Å². The fourth-order valence-electron chi connectivity index (χ4n) is 4.03. The molecule has 2 aliphatic heterocycles. The van der Waals surface area contributed by atoms with Crippen LogP contribution in [0.5, 0.6) is 0 Å². The van der Waals surface area contributed by atoms with Crippen molar-refractivity contribution in [3.05, 3.63) is 47.3 Å². The second kappa shape index (κ2) is 6.55. The molecule has 0 radical (unpaired) electrons. The quantitative estimate of drug-likeness (QED) is 0.913. The third-order valence-corrected chi connectivity index (χ3v) is 5.23. The maximum Gasteiger partial charge on any atom is 0.289 e. The fourth-order valence-corrected chi connectivity index (χ4v) is 4.03. The highest BCUT2D eigenvalue weighted by Gasteiger charge is 2.39. The first-order valence-electron chi connectivity index (χ1n) is 8.81. The Balaban J connectivity index is 1.47. The molecule has 132 valence electrons. The summed E-state index contributed by atoms with van der Waals surface area (Å²) in [6.45, 7) is 5.69. The smallest absolute Gasteiger partial charge is 0.289 e. The van der Waals surface area contributed by atoms with Gasteiger partial charge < -0.3 is 9.88 Å². The largest absolute Gasteiger partial charge is 0.350 e. The van der Waals surface area contributed by atoms with E-state index < -0.39 is 0 Å². The van der Waals surface area contributed by atoms with Crippen molar-refractivity contribution >= 4 is 5.91 Å². The van der Waals surface area contributed by atoms with E-state index in [1.54, 1.807) is 6.07 Å². The standard InChI is InChI=1S/C18H22FN5O/c1-2-20-18(25)17-22-21-16-7-13-9-23(10-14(13)11-24(16)17)8-12-5-3-4-6-15(12)19/h3-6,13-14H,2,7-11H2,1H3,(H,20,25)/t13-,14-/m1/s1. The number of amides is 1. The van der Waals surface area contributed by atoms with E-state index in [-0.39, 0.29) is 11.7 Å². The Kier molecular flexibility index (Phi) is 4.25. The van der Waals surface area contributed by atoms with Gasteiger partial charge in [-0.25, -0.2) is 4.39 Å². The summed E-state index contributed by atoms with van der Waals surface area (Å²) in [5.74, 6) is 1.92. The molecule has 2 aromatic rings. The van der Waals surface area contributed by atoms with E-state index in [4.69, 9.17) is 0 Å². The summed E-state index contributed by atoms with van der Waals surface area (Å²) >= 11 is 0. The highest BCUT2D eigenvalue weighted by molar-refractivity contribution is 5.90. The van der Waals surface area contributed by atoms with Gasteiger partial charge in [-0.1, -0.05) is 18.2 Å². The minimum absolute atomic E-state index is 0.145. The average Bonchev–Trinajstić information content (AvgIpc) is 3.17. The number of fused-ring (bicyclic) bond motifs is 2. The minimum Gasteiger partial charge on any atom is -0.350 e. The Bertz CT molecular complexity index is 790. The molecular formula is C18H22FN5O. The van der Waals surface area contributed by atoms with Gasteiger partial charge in [0.05, 0.1) is 0 Å². The van der Waals surface area contributed by atoms with E-state index in [9.17, 15) is 9.18 Å². The molecule has 0 bridgehead atoms. The number of nitrogens with zero attached hydrogens (tertiary/aromatic N) is 4. The Morgan fingerprint density at radius 1 is 1.24 bits per heavy atom. The van der Waals surface area contributed by atoms with Crippen LogP contribution in [0.3, 0.4) is 0 Å². The van der Waals surface area contributed by atoms with Crippen molar-refractivity contribution in [2.75, 3.05) is 19.6 Å². The van der Waals surface area contributed by atoms with Gasteiger partial charge in [0.2, 0.25) is 5.82 Å². The van der Waals surface area contributed by atoms with Gasteiger partial charge in [-0.05, 0) is 24.8 Å². The van der Waals surface area contributed by atoms with Crippen molar-refractivity contribution in [1.82, 2.24) is 25.0 Å². The summed E-state index contributed by atoms with van der Waals surface area (Å²) in [5.41, 5.74) is 0.739. The number of rotatable bonds is 4. The zero-order chi connectivity index (χ0) is 17.4. The third-order valence-electron chi connectivity index (χ3n) is 5.23. The molecule has 25 heavy (non-hydrogen) atoms. The zero-order valence-electron chi connectivity index (χ0n) is 14.3. The third kappa shape index (κ3) is 3.04. The van der Waals surface area contributed by atoms with Gasteiger partial charge >= 0.3 is 0 Å². The molecule has 1 saturated heterocycles. The predicted octanol–water partition coefficient (Wildman–Crippen LogP) is 1.47. The van der Waals surface area contributed by atoms with Crippen molar-refractivity contribution in [2.45, 2.75) is 26.4 Å². The Morgan fingerprint density at radius 2 is 2.04 bits per heavy atom. The van der Waals surface area contributed by atoms with Crippen molar-refractivity contribution in [2.24, 2.45) is 11.8 Å². The lowest BCUT2D eigenvalue weighted by molar-refractivity contribution is 0.0937. The zero-order valence-corrected chi connectivity index (χ0v) is 14.3. The molecular weight excluding hydrogens is 321 g/mol. The van der Waals surface area contributed by atoms with Gasteiger partial charge in [0.1, 0.15) is 11.6 Å². The van der Waals surface area contributed by atoms with Gasteiger partial charge in [-0.2, -0.15) is 0 Å². The number of hydrogen-bond acceptors (Lipinski definition) is 4. The maximum atomic E-state index is 13.9. The topological polar surface area (TPSA) is 63.1 Å². The first kappa shape index (κ1) is 16.2. The monoisotopic (exact) mass is 343 g/mol. The number of likely N-dealkylation sites (tertiary alicyclic amines) is 1. The van der Waals surface area contributed by atoms with E-state index in [0.717, 1.165) is 37.4 Å². The molecule has 1 N–H and O–H groups in total. The Morgan fingerprint density at radius 3 is 2.84 bits per heavy atom. The lowest BCUT2D eigenvalue weighted by atomic mass is 9.89. The van der Waals surface area contributed by atoms with Crippen LogP contribution in [-0.2, 0) is 19.5 Å². The first-order valence-corrected chi connectivity index (χ1v) is 8.81. The van der Waals surface area contributed by atoms with Crippen LogP contribution < -0.4 is 5.32 Å².